The second-order valence-corrected chi connectivity index (χ2v) is 7.23. The first kappa shape index (κ1) is 18.9. The Morgan fingerprint density at radius 1 is 1.11 bits per heavy atom. The molecule has 2 aromatic rings. The van der Waals surface area contributed by atoms with Crippen LogP contribution in [0.4, 0.5) is 10.7 Å². The molecule has 28 heavy (non-hydrogen) atoms. The van der Waals surface area contributed by atoms with Crippen LogP contribution in [0.25, 0.3) is 6.08 Å². The molecular weight excluding hydrogens is 405 g/mol. The van der Waals surface area contributed by atoms with Gasteiger partial charge in [0.2, 0.25) is 0 Å². The number of amides is 3. The van der Waals surface area contributed by atoms with Gasteiger partial charge in [0.1, 0.15) is 11.5 Å². The Hall–Kier alpha value is -2.48. The van der Waals surface area contributed by atoms with Gasteiger partial charge in [-0.25, -0.2) is 4.79 Å². The predicted molar refractivity (Wildman–Crippen MR) is 105 cm³/mol. The van der Waals surface area contributed by atoms with E-state index in [0.717, 1.165) is 18.0 Å². The summed E-state index contributed by atoms with van der Waals surface area (Å²) in [7, 11) is 0. The summed E-state index contributed by atoms with van der Waals surface area (Å²) in [4.78, 5) is 28.1. The maximum Gasteiger partial charge on any atom is 0.329 e. The molecular formula is C19H17Cl2N3O4. The molecule has 3 heterocycles. The molecule has 0 spiro atoms. The highest BCUT2D eigenvalue weighted by atomic mass is 35.5. The fourth-order valence-electron chi connectivity index (χ4n) is 3.05. The Labute approximate surface area is 171 Å². The monoisotopic (exact) mass is 421 g/mol. The second-order valence-electron chi connectivity index (χ2n) is 6.39. The molecule has 1 N–H and O–H groups in total. The normalized spacial score (nSPS) is 18.9. The standard InChI is InChI=1S/C19H17Cl2N3O4/c20-13-2-1-12(15(21)9-13)11-24-18(25)16(22-19(24)26)10-14-3-4-17(28-14)23-5-7-27-8-6-23/h1-4,9-10H,5-8,11H2,(H,22,26)/b16-10-. The number of benzene rings is 1. The summed E-state index contributed by atoms with van der Waals surface area (Å²) in [5.41, 5.74) is 0.779. The van der Waals surface area contributed by atoms with Gasteiger partial charge < -0.3 is 19.4 Å². The van der Waals surface area contributed by atoms with Crippen molar-refractivity contribution in [3.05, 3.63) is 57.4 Å². The molecule has 0 unspecified atom stereocenters. The third-order valence-corrected chi connectivity index (χ3v) is 5.11. The number of hydrogen-bond acceptors (Lipinski definition) is 5. The summed E-state index contributed by atoms with van der Waals surface area (Å²) in [5.74, 6) is 0.744. The summed E-state index contributed by atoms with van der Waals surface area (Å²) in [6, 6.07) is 8.01. The number of halogens is 2. The van der Waals surface area contributed by atoms with E-state index in [9.17, 15) is 9.59 Å². The van der Waals surface area contributed by atoms with E-state index in [1.807, 2.05) is 6.07 Å². The van der Waals surface area contributed by atoms with Crippen LogP contribution in [0.15, 0.2) is 40.4 Å². The van der Waals surface area contributed by atoms with Gasteiger partial charge in [0.15, 0.2) is 5.88 Å². The quantitative estimate of drug-likeness (QED) is 0.603. The van der Waals surface area contributed by atoms with E-state index in [1.165, 1.54) is 6.08 Å². The van der Waals surface area contributed by atoms with Crippen molar-refractivity contribution in [2.24, 2.45) is 0 Å². The van der Waals surface area contributed by atoms with Crippen molar-refractivity contribution < 1.29 is 18.7 Å². The zero-order chi connectivity index (χ0) is 19.7. The number of imide groups is 1. The number of carbonyl (C=O) groups excluding carboxylic acids is 2. The number of ether oxygens (including phenoxy) is 1. The molecule has 1 aromatic heterocycles. The van der Waals surface area contributed by atoms with Crippen LogP contribution in [0.5, 0.6) is 0 Å². The molecule has 0 radical (unpaired) electrons. The van der Waals surface area contributed by atoms with E-state index >= 15 is 0 Å². The van der Waals surface area contributed by atoms with Crippen LogP contribution in [-0.4, -0.2) is 43.1 Å². The van der Waals surface area contributed by atoms with Crippen LogP contribution in [0, 0.1) is 0 Å². The fourth-order valence-corrected chi connectivity index (χ4v) is 3.52. The Balaban J connectivity index is 1.49. The van der Waals surface area contributed by atoms with Crippen LogP contribution >= 0.6 is 23.2 Å². The number of carbonyl (C=O) groups is 2. The van der Waals surface area contributed by atoms with Gasteiger partial charge in [-0.2, -0.15) is 0 Å². The van der Waals surface area contributed by atoms with Gasteiger partial charge in [-0.05, 0) is 23.8 Å². The van der Waals surface area contributed by atoms with Crippen molar-refractivity contribution in [3.8, 4) is 0 Å². The molecule has 3 amide bonds. The molecule has 9 heteroatoms. The first-order valence-electron chi connectivity index (χ1n) is 8.72. The summed E-state index contributed by atoms with van der Waals surface area (Å²) in [6.45, 7) is 2.83. The Morgan fingerprint density at radius 2 is 1.89 bits per heavy atom. The molecule has 0 atom stereocenters. The van der Waals surface area contributed by atoms with Gasteiger partial charge in [-0.15, -0.1) is 0 Å². The lowest BCUT2D eigenvalue weighted by Crippen LogP contribution is -2.35. The van der Waals surface area contributed by atoms with Crippen molar-refractivity contribution in [1.29, 1.82) is 0 Å². The van der Waals surface area contributed by atoms with Crippen molar-refractivity contribution in [2.45, 2.75) is 6.54 Å². The Morgan fingerprint density at radius 3 is 2.64 bits per heavy atom. The predicted octanol–water partition coefficient (Wildman–Crippen LogP) is 3.52. The smallest absolute Gasteiger partial charge is 0.329 e. The molecule has 7 nitrogen and oxygen atoms in total. The molecule has 0 aliphatic carbocycles. The van der Waals surface area contributed by atoms with Gasteiger partial charge >= 0.3 is 6.03 Å². The second kappa shape index (κ2) is 7.87. The molecule has 2 aliphatic rings. The number of morpholine rings is 1. The van der Waals surface area contributed by atoms with Gasteiger partial charge in [0.25, 0.3) is 5.91 Å². The number of hydrogen-bond donors (Lipinski definition) is 1. The van der Waals surface area contributed by atoms with Crippen molar-refractivity contribution in [3.63, 3.8) is 0 Å². The zero-order valence-electron chi connectivity index (χ0n) is 14.8. The molecule has 2 saturated heterocycles. The highest BCUT2D eigenvalue weighted by Crippen LogP contribution is 2.26. The number of anilines is 1. The van der Waals surface area contributed by atoms with Gasteiger partial charge in [0, 0.05) is 35.3 Å². The minimum absolute atomic E-state index is 0.0508. The number of rotatable bonds is 4. The van der Waals surface area contributed by atoms with Crippen molar-refractivity contribution >= 4 is 47.1 Å². The molecule has 4 rings (SSSR count). The highest BCUT2D eigenvalue weighted by molar-refractivity contribution is 6.35. The highest BCUT2D eigenvalue weighted by Gasteiger charge is 2.34. The summed E-state index contributed by atoms with van der Waals surface area (Å²) in [6.07, 6.45) is 1.52. The van der Waals surface area contributed by atoms with Gasteiger partial charge in [-0.3, -0.25) is 9.69 Å². The van der Waals surface area contributed by atoms with Gasteiger partial charge in [-0.1, -0.05) is 29.3 Å². The molecule has 0 saturated carbocycles. The topological polar surface area (TPSA) is 75.0 Å². The first-order valence-corrected chi connectivity index (χ1v) is 9.48. The maximum absolute atomic E-state index is 12.6. The molecule has 2 aliphatic heterocycles. The summed E-state index contributed by atoms with van der Waals surface area (Å²) in [5, 5.41) is 3.46. The fraction of sp³-hybridized carbons (Fsp3) is 0.263. The van der Waals surface area contributed by atoms with E-state index in [1.54, 1.807) is 24.3 Å². The maximum atomic E-state index is 12.6. The van der Waals surface area contributed by atoms with E-state index in [-0.39, 0.29) is 12.2 Å². The van der Waals surface area contributed by atoms with E-state index in [4.69, 9.17) is 32.4 Å². The van der Waals surface area contributed by atoms with E-state index < -0.39 is 11.9 Å². The molecule has 1 aromatic carbocycles. The minimum atomic E-state index is -0.512. The van der Waals surface area contributed by atoms with Crippen LogP contribution in [-0.2, 0) is 16.1 Å². The third-order valence-electron chi connectivity index (χ3n) is 4.53. The zero-order valence-corrected chi connectivity index (χ0v) is 16.3. The van der Waals surface area contributed by atoms with Crippen molar-refractivity contribution in [1.82, 2.24) is 10.2 Å². The molecule has 2 fully saturated rings. The Kier molecular flexibility index (Phi) is 5.30. The Bertz CT molecular complexity index is 950. The number of nitrogens with zero attached hydrogens (tertiary/aromatic N) is 2. The van der Waals surface area contributed by atoms with E-state index in [2.05, 4.69) is 10.2 Å². The largest absolute Gasteiger partial charge is 0.441 e. The molecule has 0 bridgehead atoms. The summed E-state index contributed by atoms with van der Waals surface area (Å²) < 4.78 is 11.1. The first-order chi connectivity index (χ1) is 13.5. The molecule has 146 valence electrons. The van der Waals surface area contributed by atoms with Crippen LogP contribution < -0.4 is 10.2 Å². The van der Waals surface area contributed by atoms with Crippen LogP contribution in [0.1, 0.15) is 11.3 Å². The lowest BCUT2D eigenvalue weighted by atomic mass is 10.2. The third kappa shape index (κ3) is 3.87. The average Bonchev–Trinajstić information content (AvgIpc) is 3.25. The average molecular weight is 422 g/mol. The SMILES string of the molecule is O=C1N/C(=C\c2ccc(N3CCOCC3)o2)C(=O)N1Cc1ccc(Cl)cc1Cl. The lowest BCUT2D eigenvalue weighted by Gasteiger charge is -2.26. The number of urea groups is 1. The van der Waals surface area contributed by atoms with Gasteiger partial charge in [0.05, 0.1) is 19.8 Å². The van der Waals surface area contributed by atoms with Crippen LogP contribution in [0.3, 0.4) is 0 Å². The number of nitrogens with one attached hydrogen (secondary N) is 1. The van der Waals surface area contributed by atoms with Crippen LogP contribution in [0.2, 0.25) is 10.0 Å². The minimum Gasteiger partial charge on any atom is -0.441 e. The van der Waals surface area contributed by atoms with E-state index in [0.29, 0.717) is 40.5 Å². The number of furan rings is 1. The lowest BCUT2D eigenvalue weighted by molar-refractivity contribution is -0.123. The summed E-state index contributed by atoms with van der Waals surface area (Å²) >= 11 is 12.0. The van der Waals surface area contributed by atoms with Crippen molar-refractivity contribution in [2.75, 3.05) is 31.2 Å².